The van der Waals surface area contributed by atoms with Crippen LogP contribution in [-0.4, -0.2) is 107 Å². The van der Waals surface area contributed by atoms with E-state index in [1.807, 2.05) is 0 Å². The minimum atomic E-state index is -2.23. The van der Waals surface area contributed by atoms with Crippen molar-refractivity contribution < 1.29 is 76.6 Å². The summed E-state index contributed by atoms with van der Waals surface area (Å²) in [5.74, 6) is -6.09. The van der Waals surface area contributed by atoms with Crippen molar-refractivity contribution in [1.29, 1.82) is 0 Å². The van der Waals surface area contributed by atoms with Crippen molar-refractivity contribution >= 4 is 41.9 Å². The third-order valence-corrected chi connectivity index (χ3v) is 13.6. The van der Waals surface area contributed by atoms with Crippen LogP contribution >= 0.6 is 0 Å². The van der Waals surface area contributed by atoms with Crippen LogP contribution < -0.4 is 5.32 Å². The van der Waals surface area contributed by atoms with Gasteiger partial charge in [0, 0.05) is 24.7 Å². The van der Waals surface area contributed by atoms with Gasteiger partial charge in [0.1, 0.15) is 11.7 Å². The lowest BCUT2D eigenvalue weighted by Gasteiger charge is -2.64. The van der Waals surface area contributed by atoms with E-state index in [0.29, 0.717) is 5.56 Å². The third kappa shape index (κ3) is 6.85. The van der Waals surface area contributed by atoms with Gasteiger partial charge in [-0.3, -0.25) is 14.4 Å². The van der Waals surface area contributed by atoms with Gasteiger partial charge in [0.15, 0.2) is 41.9 Å². The summed E-state index contributed by atoms with van der Waals surface area (Å²) in [7, 11) is 0. The molecule has 1 amide bonds. The summed E-state index contributed by atoms with van der Waals surface area (Å²) in [5.41, 5.74) is -7.38. The first-order valence-corrected chi connectivity index (χ1v) is 20.9. The van der Waals surface area contributed by atoms with Crippen LogP contribution in [0.1, 0.15) is 90.2 Å². The number of benzene rings is 2. The average molecular weight is 874 g/mol. The Labute approximate surface area is 363 Å². The number of Topliss-reactive ketones (excluding diaryl/α,β-unsaturated/α-hetero) is 1. The van der Waals surface area contributed by atoms with E-state index in [1.165, 1.54) is 26.0 Å². The van der Waals surface area contributed by atoms with Crippen LogP contribution in [0.4, 0.5) is 9.59 Å². The average Bonchev–Trinajstić information content (AvgIpc) is 3.82. The molecule has 336 valence electrons. The molecule has 17 heteroatoms. The van der Waals surface area contributed by atoms with E-state index in [4.69, 9.17) is 37.9 Å². The van der Waals surface area contributed by atoms with Crippen molar-refractivity contribution in [3.05, 3.63) is 82.9 Å². The number of aliphatic hydroxyl groups excluding tert-OH is 1. The molecule has 63 heavy (non-hydrogen) atoms. The summed E-state index contributed by atoms with van der Waals surface area (Å²) >= 11 is 0. The van der Waals surface area contributed by atoms with Gasteiger partial charge in [-0.1, -0.05) is 62.4 Å². The third-order valence-electron chi connectivity index (χ3n) is 13.6. The topological polar surface area (TPSA) is 226 Å². The van der Waals surface area contributed by atoms with Crippen molar-refractivity contribution in [2.75, 3.05) is 6.61 Å². The number of rotatable bonds is 9. The van der Waals surface area contributed by atoms with E-state index >= 15 is 4.79 Å². The van der Waals surface area contributed by atoms with Crippen LogP contribution in [0, 0.1) is 22.7 Å². The lowest BCUT2D eigenvalue weighted by molar-refractivity contribution is -0.323. The van der Waals surface area contributed by atoms with Crippen molar-refractivity contribution in [2.45, 2.75) is 128 Å². The Kier molecular flexibility index (Phi) is 10.6. The summed E-state index contributed by atoms with van der Waals surface area (Å²) in [6.45, 7) is 11.7. The molecule has 5 fully saturated rings. The van der Waals surface area contributed by atoms with Crippen molar-refractivity contribution in [3.63, 3.8) is 0 Å². The summed E-state index contributed by atoms with van der Waals surface area (Å²) in [4.78, 5) is 97.9. The number of amides is 1. The Balaban J connectivity index is 1.32. The highest BCUT2D eigenvalue weighted by Gasteiger charge is 2.87. The zero-order valence-electron chi connectivity index (χ0n) is 36.2. The Hall–Kier alpha value is -5.81. The molecule has 2 spiro atoms. The first-order valence-electron chi connectivity index (χ1n) is 20.9. The predicted molar refractivity (Wildman–Crippen MR) is 214 cm³/mol. The zero-order chi connectivity index (χ0) is 45.6. The molecule has 2 N–H and O–H groups in total. The standard InChI is InChI=1S/C46H51NO16/c1-22-29-33(57-23(2)48)35(51)44-20-27(44)19-28-45(21-56-28,61-24(3)49)34(44)37(59-38(52)26-17-13-10-14-18-26)46(43(29,7)8)36(60-41(55)63-46)32(22)58-39(53)31(50)30(25-15-11-9-12-16-25)47-40(54)62-42(4,5)6/h9-18,27-28,30-34,36-37,50H,19-21H2,1-8H3,(H,47,54)/t27-,28-,30+,31-,32-,33-,34+,36+,37+,44-,45+,46?/m1/s1. The summed E-state index contributed by atoms with van der Waals surface area (Å²) in [5, 5.41) is 14.4. The SMILES string of the molecule is CC(=O)O[C@H]1C(=O)[C@]23C[C@H]2C[C@H]2OC[C@@]2(OC(C)=O)[C@H]3[C@H](OC(=O)c2ccccc2)C23OC(=O)O[C@H]2[C@H](OC(=O)[C@H](O)[C@@H](NC(=O)OC(C)(C)C)c2ccccc2)C(C)=C1C3(C)C. The largest absolute Gasteiger partial charge is 0.509 e. The van der Waals surface area contributed by atoms with Crippen molar-refractivity contribution in [3.8, 4) is 0 Å². The molecule has 2 saturated heterocycles. The first kappa shape index (κ1) is 43.8. The second-order valence-corrected chi connectivity index (χ2v) is 18.8. The first-order chi connectivity index (χ1) is 29.6. The summed E-state index contributed by atoms with van der Waals surface area (Å²) < 4.78 is 48.9. The maximum Gasteiger partial charge on any atom is 0.509 e. The maximum absolute atomic E-state index is 15.6. The van der Waals surface area contributed by atoms with Crippen molar-refractivity contribution in [2.24, 2.45) is 22.7 Å². The van der Waals surface area contributed by atoms with Gasteiger partial charge in [0.25, 0.3) is 0 Å². The van der Waals surface area contributed by atoms with Gasteiger partial charge in [0.05, 0.1) is 24.1 Å². The van der Waals surface area contributed by atoms with E-state index in [1.54, 1.807) is 83.1 Å². The summed E-state index contributed by atoms with van der Waals surface area (Å²) in [6, 6.07) is 14.6. The second-order valence-electron chi connectivity index (χ2n) is 18.8. The normalized spacial score (nSPS) is 34.1. The Morgan fingerprint density at radius 2 is 1.56 bits per heavy atom. The molecule has 8 rings (SSSR count). The number of hydrogen-bond acceptors (Lipinski definition) is 16. The van der Waals surface area contributed by atoms with E-state index in [2.05, 4.69) is 5.32 Å². The van der Waals surface area contributed by atoms with Gasteiger partial charge in [0.2, 0.25) is 5.60 Å². The molecule has 6 aliphatic rings. The monoisotopic (exact) mass is 873 g/mol. The molecule has 4 aliphatic carbocycles. The molecule has 0 radical (unpaired) electrons. The van der Waals surface area contributed by atoms with E-state index in [0.717, 1.165) is 6.92 Å². The van der Waals surface area contributed by atoms with Gasteiger partial charge in [-0.2, -0.15) is 0 Å². The molecule has 3 saturated carbocycles. The van der Waals surface area contributed by atoms with E-state index in [9.17, 15) is 33.9 Å². The number of hydrogen-bond donors (Lipinski definition) is 2. The van der Waals surface area contributed by atoms with Crippen LogP contribution in [-0.2, 0) is 57.1 Å². The van der Waals surface area contributed by atoms with Crippen LogP contribution in [0.5, 0.6) is 0 Å². The summed E-state index contributed by atoms with van der Waals surface area (Å²) in [6.07, 6.45) is -11.4. The van der Waals surface area contributed by atoms with Gasteiger partial charge >= 0.3 is 36.1 Å². The molecule has 2 heterocycles. The van der Waals surface area contributed by atoms with E-state index in [-0.39, 0.29) is 36.2 Å². The number of alkyl carbamates (subject to hydrolysis) is 1. The van der Waals surface area contributed by atoms with Crippen LogP contribution in [0.3, 0.4) is 0 Å². The molecule has 12 atom stereocenters. The predicted octanol–water partition coefficient (Wildman–Crippen LogP) is 4.62. The Bertz CT molecular complexity index is 2290. The van der Waals surface area contributed by atoms with Crippen LogP contribution in [0.2, 0.25) is 0 Å². The Morgan fingerprint density at radius 3 is 2.14 bits per heavy atom. The second kappa shape index (κ2) is 15.2. The number of esters is 4. The number of ketones is 1. The van der Waals surface area contributed by atoms with Crippen LogP contribution in [0.15, 0.2) is 71.8 Å². The van der Waals surface area contributed by atoms with Crippen LogP contribution in [0.25, 0.3) is 0 Å². The number of fused-ring (bicyclic) bond motifs is 3. The molecule has 2 aromatic carbocycles. The molecule has 2 bridgehead atoms. The Morgan fingerprint density at radius 1 is 0.905 bits per heavy atom. The number of nitrogens with one attached hydrogen (secondary N) is 1. The smallest absolute Gasteiger partial charge is 0.454 e. The number of aliphatic hydroxyl groups is 1. The fourth-order valence-corrected chi connectivity index (χ4v) is 11.2. The zero-order valence-corrected chi connectivity index (χ0v) is 36.2. The highest BCUT2D eigenvalue weighted by Crippen LogP contribution is 2.75. The molecular formula is C46H51NO16. The van der Waals surface area contributed by atoms with E-state index < -0.39 is 124 Å². The molecule has 2 aliphatic heterocycles. The minimum absolute atomic E-state index is 0.0729. The highest BCUT2D eigenvalue weighted by molar-refractivity contribution is 5.98. The quantitative estimate of drug-likeness (QED) is 0.199. The number of ether oxygens (including phenoxy) is 8. The lowest BCUT2D eigenvalue weighted by atomic mass is 9.48. The van der Waals surface area contributed by atoms with Crippen molar-refractivity contribution in [1.82, 2.24) is 5.32 Å². The highest BCUT2D eigenvalue weighted by atomic mass is 16.8. The fraction of sp³-hybridized carbons (Fsp3) is 0.543. The molecule has 17 nitrogen and oxygen atoms in total. The molecule has 2 aromatic rings. The minimum Gasteiger partial charge on any atom is -0.454 e. The number of carbonyl (C=O) groups is 7. The van der Waals surface area contributed by atoms with Gasteiger partial charge < -0.3 is 48.3 Å². The van der Waals surface area contributed by atoms with Gasteiger partial charge in [-0.05, 0) is 75.3 Å². The van der Waals surface area contributed by atoms with Gasteiger partial charge in [-0.25, -0.2) is 19.2 Å². The maximum atomic E-state index is 15.6. The molecule has 0 aromatic heterocycles. The number of carbonyl (C=O) groups excluding carboxylic acids is 7. The molecule has 1 unspecified atom stereocenters. The molecular weight excluding hydrogens is 822 g/mol. The van der Waals surface area contributed by atoms with Gasteiger partial charge in [-0.15, -0.1) is 0 Å². The fourth-order valence-electron chi connectivity index (χ4n) is 11.2. The lowest BCUT2D eigenvalue weighted by Crippen LogP contribution is -2.80.